The molecule has 4 heteroatoms. The SMILES string of the molecule is COC(=O)Cn1cc(CCCO)c2c(C)cc(C)cc21. The van der Waals surface area contributed by atoms with Crippen molar-refractivity contribution < 1.29 is 14.6 Å². The van der Waals surface area contributed by atoms with Crippen LogP contribution in [0.1, 0.15) is 23.1 Å². The molecule has 2 rings (SSSR count). The van der Waals surface area contributed by atoms with Crippen LogP contribution in [0.3, 0.4) is 0 Å². The van der Waals surface area contributed by atoms with Crippen LogP contribution in [0.4, 0.5) is 0 Å². The second-order valence-corrected chi connectivity index (χ2v) is 5.16. The number of carbonyl (C=O) groups excluding carboxylic acids is 1. The molecule has 0 aliphatic heterocycles. The van der Waals surface area contributed by atoms with E-state index < -0.39 is 0 Å². The molecule has 1 heterocycles. The van der Waals surface area contributed by atoms with Crippen LogP contribution in [0.5, 0.6) is 0 Å². The van der Waals surface area contributed by atoms with E-state index in [1.165, 1.54) is 29.2 Å². The van der Waals surface area contributed by atoms with Crippen LogP contribution in [0.25, 0.3) is 10.9 Å². The van der Waals surface area contributed by atoms with E-state index in [1.807, 2.05) is 10.8 Å². The van der Waals surface area contributed by atoms with Gasteiger partial charge in [0.05, 0.1) is 7.11 Å². The summed E-state index contributed by atoms with van der Waals surface area (Å²) in [5.41, 5.74) is 4.61. The standard InChI is InChI=1S/C16H21NO3/c1-11-7-12(2)16-13(5-4-6-18)9-17(14(16)8-11)10-15(19)20-3/h7-9,18H,4-6,10H2,1-3H3. The van der Waals surface area contributed by atoms with Crippen molar-refractivity contribution in [1.82, 2.24) is 4.57 Å². The first-order valence-corrected chi connectivity index (χ1v) is 6.83. The molecule has 108 valence electrons. The smallest absolute Gasteiger partial charge is 0.325 e. The van der Waals surface area contributed by atoms with Crippen molar-refractivity contribution in [3.63, 3.8) is 0 Å². The van der Waals surface area contributed by atoms with Gasteiger partial charge in [-0.25, -0.2) is 0 Å². The topological polar surface area (TPSA) is 51.5 Å². The molecule has 1 aromatic heterocycles. The molecule has 20 heavy (non-hydrogen) atoms. The van der Waals surface area contributed by atoms with Gasteiger partial charge in [-0.05, 0) is 49.4 Å². The number of ether oxygens (including phenoxy) is 1. The summed E-state index contributed by atoms with van der Waals surface area (Å²) in [5, 5.41) is 10.2. The van der Waals surface area contributed by atoms with E-state index in [9.17, 15) is 4.79 Å². The van der Waals surface area contributed by atoms with Gasteiger partial charge in [0.1, 0.15) is 6.54 Å². The Kier molecular flexibility index (Phi) is 4.45. The summed E-state index contributed by atoms with van der Waals surface area (Å²) in [4.78, 5) is 11.5. The lowest BCUT2D eigenvalue weighted by molar-refractivity contribution is -0.141. The number of methoxy groups -OCH3 is 1. The van der Waals surface area contributed by atoms with Gasteiger partial charge in [-0.15, -0.1) is 0 Å². The summed E-state index contributed by atoms with van der Waals surface area (Å²) >= 11 is 0. The number of nitrogens with zero attached hydrogens (tertiary/aromatic N) is 1. The quantitative estimate of drug-likeness (QED) is 0.852. The number of rotatable bonds is 5. The van der Waals surface area contributed by atoms with E-state index >= 15 is 0 Å². The zero-order chi connectivity index (χ0) is 14.7. The molecule has 1 N–H and O–H groups in total. The molecule has 0 saturated heterocycles. The lowest BCUT2D eigenvalue weighted by Crippen LogP contribution is -2.10. The van der Waals surface area contributed by atoms with Crippen LogP contribution in [0.2, 0.25) is 0 Å². The Hall–Kier alpha value is -1.81. The number of carbonyl (C=O) groups is 1. The Balaban J connectivity index is 2.54. The van der Waals surface area contributed by atoms with Gasteiger partial charge < -0.3 is 14.4 Å². The maximum Gasteiger partial charge on any atom is 0.325 e. The van der Waals surface area contributed by atoms with Crippen LogP contribution in [0, 0.1) is 13.8 Å². The van der Waals surface area contributed by atoms with Crippen molar-refractivity contribution in [3.8, 4) is 0 Å². The molecule has 0 fully saturated rings. The van der Waals surface area contributed by atoms with Gasteiger partial charge in [0.2, 0.25) is 0 Å². The van der Waals surface area contributed by atoms with E-state index in [-0.39, 0.29) is 19.1 Å². The van der Waals surface area contributed by atoms with Crippen molar-refractivity contribution in [3.05, 3.63) is 35.0 Å². The Morgan fingerprint density at radius 3 is 2.75 bits per heavy atom. The fourth-order valence-corrected chi connectivity index (χ4v) is 2.71. The number of fused-ring (bicyclic) bond motifs is 1. The first-order chi connectivity index (χ1) is 9.56. The van der Waals surface area contributed by atoms with Gasteiger partial charge in [-0.1, -0.05) is 6.07 Å². The molecule has 0 aliphatic carbocycles. The van der Waals surface area contributed by atoms with Crippen molar-refractivity contribution in [2.45, 2.75) is 33.2 Å². The van der Waals surface area contributed by atoms with E-state index in [0.29, 0.717) is 0 Å². The van der Waals surface area contributed by atoms with Gasteiger partial charge >= 0.3 is 5.97 Å². The molecule has 0 radical (unpaired) electrons. The molecule has 1 aromatic carbocycles. The van der Waals surface area contributed by atoms with Crippen molar-refractivity contribution in [2.24, 2.45) is 0 Å². The number of esters is 1. The Labute approximate surface area is 119 Å². The zero-order valence-corrected chi connectivity index (χ0v) is 12.3. The lowest BCUT2D eigenvalue weighted by Gasteiger charge is -2.06. The highest BCUT2D eigenvalue weighted by Gasteiger charge is 2.13. The minimum Gasteiger partial charge on any atom is -0.468 e. The van der Waals surface area contributed by atoms with Gasteiger partial charge in [-0.2, -0.15) is 0 Å². The Morgan fingerprint density at radius 2 is 2.10 bits per heavy atom. The lowest BCUT2D eigenvalue weighted by atomic mass is 10.0. The van der Waals surface area contributed by atoms with E-state index in [2.05, 4.69) is 26.0 Å². The van der Waals surface area contributed by atoms with E-state index in [0.717, 1.165) is 18.4 Å². The summed E-state index contributed by atoms with van der Waals surface area (Å²) in [7, 11) is 1.40. The molecular formula is C16H21NO3. The summed E-state index contributed by atoms with van der Waals surface area (Å²) in [6, 6.07) is 4.24. The summed E-state index contributed by atoms with van der Waals surface area (Å²) in [6.45, 7) is 4.53. The van der Waals surface area contributed by atoms with Crippen molar-refractivity contribution in [2.75, 3.05) is 13.7 Å². The Morgan fingerprint density at radius 1 is 1.35 bits per heavy atom. The molecule has 0 spiro atoms. The average molecular weight is 275 g/mol. The highest BCUT2D eigenvalue weighted by atomic mass is 16.5. The molecule has 0 aliphatic rings. The summed E-state index contributed by atoms with van der Waals surface area (Å²) in [5.74, 6) is -0.255. The second-order valence-electron chi connectivity index (χ2n) is 5.16. The molecule has 0 bridgehead atoms. The maximum atomic E-state index is 11.5. The second kappa shape index (κ2) is 6.09. The minimum atomic E-state index is -0.255. The summed E-state index contributed by atoms with van der Waals surface area (Å²) in [6.07, 6.45) is 3.54. The van der Waals surface area contributed by atoms with E-state index in [1.54, 1.807) is 0 Å². The third-order valence-electron chi connectivity index (χ3n) is 3.53. The third-order valence-corrected chi connectivity index (χ3v) is 3.53. The molecule has 0 saturated carbocycles. The molecular weight excluding hydrogens is 254 g/mol. The van der Waals surface area contributed by atoms with Gasteiger partial charge in [0, 0.05) is 23.7 Å². The monoisotopic (exact) mass is 275 g/mol. The van der Waals surface area contributed by atoms with Crippen LogP contribution >= 0.6 is 0 Å². The zero-order valence-electron chi connectivity index (χ0n) is 12.3. The Bertz CT molecular complexity index is 628. The molecule has 4 nitrogen and oxygen atoms in total. The fraction of sp³-hybridized carbons (Fsp3) is 0.438. The molecule has 0 amide bonds. The summed E-state index contributed by atoms with van der Waals surface area (Å²) < 4.78 is 6.69. The first-order valence-electron chi connectivity index (χ1n) is 6.83. The number of benzene rings is 1. The van der Waals surface area contributed by atoms with Gasteiger partial charge in [-0.3, -0.25) is 4.79 Å². The number of hydrogen-bond acceptors (Lipinski definition) is 3. The molecule has 0 atom stereocenters. The number of hydrogen-bond donors (Lipinski definition) is 1. The first kappa shape index (κ1) is 14.6. The predicted molar refractivity (Wildman–Crippen MR) is 78.8 cm³/mol. The van der Waals surface area contributed by atoms with Crippen LogP contribution in [0.15, 0.2) is 18.3 Å². The van der Waals surface area contributed by atoms with Crippen LogP contribution in [-0.4, -0.2) is 29.4 Å². The van der Waals surface area contributed by atoms with Crippen LogP contribution < -0.4 is 0 Å². The minimum absolute atomic E-state index is 0.175. The number of aryl methyl sites for hydroxylation is 3. The average Bonchev–Trinajstić information content (AvgIpc) is 2.74. The predicted octanol–water partition coefficient (Wildman–Crippen LogP) is 2.36. The highest BCUT2D eigenvalue weighted by molar-refractivity contribution is 5.89. The van der Waals surface area contributed by atoms with Crippen LogP contribution in [-0.2, 0) is 22.5 Å². The molecule has 2 aromatic rings. The van der Waals surface area contributed by atoms with Gasteiger partial charge in [0.15, 0.2) is 0 Å². The largest absolute Gasteiger partial charge is 0.468 e. The number of aliphatic hydroxyl groups is 1. The maximum absolute atomic E-state index is 11.5. The normalized spacial score (nSPS) is 11.0. The number of aliphatic hydroxyl groups excluding tert-OH is 1. The number of aromatic nitrogens is 1. The van der Waals surface area contributed by atoms with E-state index in [4.69, 9.17) is 9.84 Å². The fourth-order valence-electron chi connectivity index (χ4n) is 2.71. The highest BCUT2D eigenvalue weighted by Crippen LogP contribution is 2.27. The third kappa shape index (κ3) is 2.85. The van der Waals surface area contributed by atoms with Crippen molar-refractivity contribution in [1.29, 1.82) is 0 Å². The van der Waals surface area contributed by atoms with Crippen molar-refractivity contribution >= 4 is 16.9 Å². The van der Waals surface area contributed by atoms with Gasteiger partial charge in [0.25, 0.3) is 0 Å². The molecule has 0 unspecified atom stereocenters.